The lowest BCUT2D eigenvalue weighted by Crippen LogP contribution is -1.99. The Morgan fingerprint density at radius 1 is 1.32 bits per heavy atom. The lowest BCUT2D eigenvalue weighted by Gasteiger charge is -1.99. The fourth-order valence-corrected chi connectivity index (χ4v) is 1.23. The first-order chi connectivity index (χ1) is 9.19. The molecule has 0 radical (unpaired) electrons. The minimum absolute atomic E-state index is 0.122. The number of nitrogen functional groups attached to an aromatic ring is 1. The van der Waals surface area contributed by atoms with Crippen LogP contribution in [0.4, 0.5) is 10.2 Å². The summed E-state index contributed by atoms with van der Waals surface area (Å²) in [6.45, 7) is 0. The number of aromatic nitrogens is 2. The highest BCUT2D eigenvalue weighted by atomic mass is 19.1. The number of hydrogen-bond acceptors (Lipinski definition) is 6. The first kappa shape index (κ1) is 12.7. The van der Waals surface area contributed by atoms with E-state index < -0.39 is 5.82 Å². The van der Waals surface area contributed by atoms with Crippen molar-refractivity contribution in [1.82, 2.24) is 9.97 Å². The highest BCUT2D eigenvalue weighted by Gasteiger charge is 2.03. The number of ether oxygens (including phenoxy) is 1. The van der Waals surface area contributed by atoms with Gasteiger partial charge in [0.15, 0.2) is 11.6 Å². The van der Waals surface area contributed by atoms with Crippen LogP contribution >= 0.6 is 0 Å². The molecule has 1 aromatic heterocycles. The van der Waals surface area contributed by atoms with Crippen molar-refractivity contribution in [3.8, 4) is 11.8 Å². The molecule has 0 atom stereocenters. The van der Waals surface area contributed by atoms with E-state index in [2.05, 4.69) is 15.1 Å². The number of hydrogen-bond donors (Lipinski definition) is 1. The number of anilines is 1. The zero-order valence-electron chi connectivity index (χ0n) is 10.1. The van der Waals surface area contributed by atoms with Gasteiger partial charge in [-0.15, -0.1) is 0 Å². The lowest BCUT2D eigenvalue weighted by atomic mass is 10.2. The molecular weight excluding hydrogens is 251 g/mol. The van der Waals surface area contributed by atoms with Crippen molar-refractivity contribution >= 4 is 12.0 Å². The molecule has 19 heavy (non-hydrogen) atoms. The maximum Gasteiger partial charge on any atom is 0.347 e. The van der Waals surface area contributed by atoms with Gasteiger partial charge >= 0.3 is 6.01 Å². The number of methoxy groups -OCH3 is 1. The molecule has 0 aliphatic rings. The normalized spacial score (nSPS) is 10.6. The minimum atomic E-state index is -0.702. The zero-order chi connectivity index (χ0) is 13.7. The van der Waals surface area contributed by atoms with Gasteiger partial charge in [0.05, 0.1) is 19.5 Å². The Morgan fingerprint density at radius 3 is 2.68 bits per heavy atom. The lowest BCUT2D eigenvalue weighted by molar-refractivity contribution is 0.314. The third kappa shape index (κ3) is 3.38. The van der Waals surface area contributed by atoms with Gasteiger partial charge in [0.1, 0.15) is 5.75 Å². The quantitative estimate of drug-likeness (QED) is 0.668. The smallest absolute Gasteiger partial charge is 0.347 e. The third-order valence-corrected chi connectivity index (χ3v) is 2.20. The molecule has 1 heterocycles. The van der Waals surface area contributed by atoms with Crippen molar-refractivity contribution in [2.45, 2.75) is 0 Å². The second-order valence-electron chi connectivity index (χ2n) is 3.48. The number of nitrogens with zero attached hydrogens (tertiary/aromatic N) is 3. The summed E-state index contributed by atoms with van der Waals surface area (Å²) >= 11 is 0. The Labute approximate surface area is 108 Å². The molecule has 0 spiro atoms. The first-order valence-electron chi connectivity index (χ1n) is 5.31. The van der Waals surface area contributed by atoms with Crippen molar-refractivity contribution in [3.63, 3.8) is 0 Å². The van der Waals surface area contributed by atoms with Crippen LogP contribution < -0.4 is 15.3 Å². The van der Waals surface area contributed by atoms with E-state index in [1.807, 2.05) is 0 Å². The maximum atomic E-state index is 12.8. The Morgan fingerprint density at radius 2 is 2.05 bits per heavy atom. The van der Waals surface area contributed by atoms with Crippen LogP contribution in [-0.2, 0) is 0 Å². The summed E-state index contributed by atoms with van der Waals surface area (Å²) in [5, 5.41) is 3.67. The monoisotopic (exact) mass is 262 g/mol. The van der Waals surface area contributed by atoms with Crippen LogP contribution in [0, 0.1) is 5.82 Å². The predicted octanol–water partition coefficient (Wildman–Crippen LogP) is 1.62. The first-order valence-corrected chi connectivity index (χ1v) is 5.31. The van der Waals surface area contributed by atoms with E-state index in [9.17, 15) is 4.39 Å². The molecule has 0 aliphatic heterocycles. The van der Waals surface area contributed by atoms with Crippen molar-refractivity contribution in [1.29, 1.82) is 0 Å². The molecule has 0 aliphatic carbocycles. The average molecular weight is 262 g/mol. The molecule has 2 aromatic rings. The third-order valence-electron chi connectivity index (χ3n) is 2.20. The van der Waals surface area contributed by atoms with Crippen molar-refractivity contribution < 1.29 is 14.0 Å². The molecule has 0 fully saturated rings. The fourth-order valence-electron chi connectivity index (χ4n) is 1.23. The molecule has 98 valence electrons. The molecule has 0 bridgehead atoms. The average Bonchev–Trinajstić information content (AvgIpc) is 2.43. The highest BCUT2D eigenvalue weighted by Crippen LogP contribution is 2.11. The molecule has 0 unspecified atom stereocenters. The summed E-state index contributed by atoms with van der Waals surface area (Å²) < 4.78 is 17.8. The van der Waals surface area contributed by atoms with Crippen LogP contribution in [0.25, 0.3) is 0 Å². The van der Waals surface area contributed by atoms with Gasteiger partial charge in [0, 0.05) is 0 Å². The van der Waals surface area contributed by atoms with E-state index in [0.29, 0.717) is 0 Å². The Hall–Kier alpha value is -2.70. The van der Waals surface area contributed by atoms with Gasteiger partial charge in [-0.25, -0.2) is 4.39 Å². The number of nitrogens with two attached hydrogens (primary N) is 1. The SMILES string of the molecule is COc1ccc(/C=N/Oc2ncc(F)c(N)n2)cc1. The molecule has 7 heteroatoms. The van der Waals surface area contributed by atoms with Crippen LogP contribution in [0.5, 0.6) is 11.8 Å². The van der Waals surface area contributed by atoms with E-state index in [-0.39, 0.29) is 11.8 Å². The largest absolute Gasteiger partial charge is 0.497 e. The number of halogens is 1. The summed E-state index contributed by atoms with van der Waals surface area (Å²) in [4.78, 5) is 12.0. The number of benzene rings is 1. The molecule has 0 amide bonds. The van der Waals surface area contributed by atoms with Crippen molar-refractivity contribution in [2.24, 2.45) is 5.16 Å². The summed E-state index contributed by atoms with van der Waals surface area (Å²) in [6.07, 6.45) is 2.38. The van der Waals surface area contributed by atoms with E-state index in [4.69, 9.17) is 15.3 Å². The highest BCUT2D eigenvalue weighted by molar-refractivity contribution is 5.79. The van der Waals surface area contributed by atoms with Gasteiger partial charge in [0.25, 0.3) is 0 Å². The van der Waals surface area contributed by atoms with Crippen LogP contribution in [0.15, 0.2) is 35.6 Å². The molecular formula is C12H11FN4O2. The summed E-state index contributed by atoms with van der Waals surface area (Å²) in [5.41, 5.74) is 6.07. The standard InChI is InChI=1S/C12H11FN4O2/c1-18-9-4-2-8(3-5-9)6-16-19-12-15-7-10(13)11(14)17-12/h2-7H,1H3,(H2,14,15,17)/b16-6+. The second-order valence-corrected chi connectivity index (χ2v) is 3.48. The van der Waals surface area contributed by atoms with Crippen molar-refractivity contribution in [2.75, 3.05) is 12.8 Å². The van der Waals surface area contributed by atoms with Gasteiger partial charge in [0.2, 0.25) is 0 Å². The van der Waals surface area contributed by atoms with Crippen LogP contribution in [-0.4, -0.2) is 23.3 Å². The fraction of sp³-hybridized carbons (Fsp3) is 0.0833. The molecule has 6 nitrogen and oxygen atoms in total. The van der Waals surface area contributed by atoms with E-state index in [1.54, 1.807) is 31.4 Å². The second kappa shape index (κ2) is 5.76. The Kier molecular flexibility index (Phi) is 3.87. The number of rotatable bonds is 4. The van der Waals surface area contributed by atoms with Crippen LogP contribution in [0.3, 0.4) is 0 Å². The minimum Gasteiger partial charge on any atom is -0.497 e. The van der Waals surface area contributed by atoms with Gasteiger partial charge in [-0.2, -0.15) is 9.97 Å². The predicted molar refractivity (Wildman–Crippen MR) is 67.6 cm³/mol. The van der Waals surface area contributed by atoms with E-state index >= 15 is 0 Å². The topological polar surface area (TPSA) is 82.6 Å². The molecule has 0 saturated carbocycles. The van der Waals surface area contributed by atoms with Crippen LogP contribution in [0.1, 0.15) is 5.56 Å². The Bertz CT molecular complexity index is 587. The summed E-state index contributed by atoms with van der Waals surface area (Å²) in [5.74, 6) is -0.246. The molecule has 2 rings (SSSR count). The van der Waals surface area contributed by atoms with Crippen molar-refractivity contribution in [3.05, 3.63) is 41.8 Å². The van der Waals surface area contributed by atoms with Gasteiger partial charge in [-0.1, -0.05) is 5.16 Å². The Balaban J connectivity index is 2.00. The van der Waals surface area contributed by atoms with Gasteiger partial charge in [-0.3, -0.25) is 0 Å². The van der Waals surface area contributed by atoms with E-state index in [0.717, 1.165) is 17.5 Å². The molecule has 1 aromatic carbocycles. The van der Waals surface area contributed by atoms with Gasteiger partial charge in [-0.05, 0) is 29.8 Å². The zero-order valence-corrected chi connectivity index (χ0v) is 10.1. The van der Waals surface area contributed by atoms with Crippen LogP contribution in [0.2, 0.25) is 0 Å². The number of oxime groups is 1. The van der Waals surface area contributed by atoms with Gasteiger partial charge < -0.3 is 15.3 Å². The molecule has 2 N–H and O–H groups in total. The van der Waals surface area contributed by atoms with E-state index in [1.165, 1.54) is 6.21 Å². The summed E-state index contributed by atoms with van der Waals surface area (Å²) in [6, 6.07) is 7.04. The maximum absolute atomic E-state index is 12.8. The summed E-state index contributed by atoms with van der Waals surface area (Å²) in [7, 11) is 1.59. The molecule has 0 saturated heterocycles.